The maximum atomic E-state index is 11.4. The Morgan fingerprint density at radius 2 is 2.00 bits per heavy atom. The number of aliphatic carboxylic acids is 1. The van der Waals surface area contributed by atoms with Crippen LogP contribution in [0.5, 0.6) is 11.5 Å². The van der Waals surface area contributed by atoms with Crippen molar-refractivity contribution in [2.45, 2.75) is 62.9 Å². The predicted molar refractivity (Wildman–Crippen MR) is 92.8 cm³/mol. The van der Waals surface area contributed by atoms with Crippen LogP contribution in [0.2, 0.25) is 0 Å². The molecule has 0 aromatic heterocycles. The number of benzene rings is 1. The molecule has 2 aliphatic carbocycles. The Balaban J connectivity index is 1.91. The van der Waals surface area contributed by atoms with Crippen molar-refractivity contribution in [1.82, 2.24) is 0 Å². The van der Waals surface area contributed by atoms with Crippen LogP contribution in [0, 0.1) is 17.2 Å². The number of rotatable bonds is 5. The highest BCUT2D eigenvalue weighted by molar-refractivity contribution is 5.70. The van der Waals surface area contributed by atoms with Gasteiger partial charge in [0.15, 0.2) is 11.5 Å². The average molecular weight is 343 g/mol. The number of hydrogen-bond acceptors (Lipinski definition) is 4. The van der Waals surface area contributed by atoms with Crippen LogP contribution in [0.15, 0.2) is 18.2 Å². The maximum Gasteiger partial charge on any atom is 0.306 e. The van der Waals surface area contributed by atoms with E-state index in [9.17, 15) is 15.2 Å². The number of carboxylic acids is 1. The van der Waals surface area contributed by atoms with E-state index in [1.165, 1.54) is 12.8 Å². The first-order valence-electron chi connectivity index (χ1n) is 9.07. The van der Waals surface area contributed by atoms with Gasteiger partial charge >= 0.3 is 5.97 Å². The number of ether oxygens (including phenoxy) is 2. The van der Waals surface area contributed by atoms with Crippen molar-refractivity contribution in [1.29, 1.82) is 5.26 Å². The summed E-state index contributed by atoms with van der Waals surface area (Å²) in [6.45, 7) is 0. The lowest BCUT2D eigenvalue weighted by molar-refractivity contribution is -0.143. The molecule has 0 bridgehead atoms. The summed E-state index contributed by atoms with van der Waals surface area (Å²) in [5, 5.41) is 19.3. The van der Waals surface area contributed by atoms with E-state index in [0.717, 1.165) is 24.8 Å². The molecule has 3 rings (SSSR count). The van der Waals surface area contributed by atoms with Crippen LogP contribution < -0.4 is 9.47 Å². The minimum absolute atomic E-state index is 0.195. The third-order valence-electron chi connectivity index (χ3n) is 5.63. The van der Waals surface area contributed by atoms with E-state index in [4.69, 9.17) is 9.47 Å². The van der Waals surface area contributed by atoms with Gasteiger partial charge in [0.1, 0.15) is 0 Å². The molecule has 0 aliphatic heterocycles. The molecule has 1 N–H and O–H groups in total. The molecular weight excluding hydrogens is 318 g/mol. The van der Waals surface area contributed by atoms with Crippen molar-refractivity contribution in [2.75, 3.05) is 7.11 Å². The lowest BCUT2D eigenvalue weighted by atomic mass is 9.66. The van der Waals surface area contributed by atoms with Crippen LogP contribution in [0.3, 0.4) is 0 Å². The van der Waals surface area contributed by atoms with E-state index in [1.807, 2.05) is 18.2 Å². The normalized spacial score (nSPS) is 26.8. The lowest BCUT2D eigenvalue weighted by Crippen LogP contribution is -2.34. The molecule has 0 heterocycles. The molecule has 5 nitrogen and oxygen atoms in total. The minimum atomic E-state index is -0.810. The van der Waals surface area contributed by atoms with E-state index in [2.05, 4.69) is 6.07 Å². The van der Waals surface area contributed by atoms with Gasteiger partial charge in [0, 0.05) is 0 Å². The van der Waals surface area contributed by atoms with Crippen molar-refractivity contribution in [2.24, 2.45) is 5.92 Å². The highest BCUT2D eigenvalue weighted by Crippen LogP contribution is 2.44. The van der Waals surface area contributed by atoms with Crippen LogP contribution in [-0.2, 0) is 10.2 Å². The molecule has 2 atom stereocenters. The molecule has 0 amide bonds. The van der Waals surface area contributed by atoms with Gasteiger partial charge in [-0.05, 0) is 62.6 Å². The van der Waals surface area contributed by atoms with Gasteiger partial charge in [-0.3, -0.25) is 4.79 Å². The first-order chi connectivity index (χ1) is 12.1. The summed E-state index contributed by atoms with van der Waals surface area (Å²) in [5.41, 5.74) is 0.0798. The third-order valence-corrected chi connectivity index (χ3v) is 5.63. The summed E-state index contributed by atoms with van der Waals surface area (Å²) in [6, 6.07) is 8.03. The first-order valence-corrected chi connectivity index (χ1v) is 9.07. The van der Waals surface area contributed by atoms with Crippen molar-refractivity contribution in [3.8, 4) is 17.6 Å². The number of carbonyl (C=O) groups is 1. The minimum Gasteiger partial charge on any atom is -0.493 e. The van der Waals surface area contributed by atoms with Crippen molar-refractivity contribution < 1.29 is 19.4 Å². The SMILES string of the molecule is COc1ccc([C@]2(C#N)CCC[C@@H](C(=O)O)C2)cc1OC1CCCC1. The Kier molecular flexibility index (Phi) is 5.17. The fourth-order valence-electron chi connectivity index (χ4n) is 4.17. The molecule has 25 heavy (non-hydrogen) atoms. The molecule has 134 valence electrons. The number of nitriles is 1. The summed E-state index contributed by atoms with van der Waals surface area (Å²) in [6.07, 6.45) is 7.05. The molecule has 5 heteroatoms. The third kappa shape index (κ3) is 3.58. The summed E-state index contributed by atoms with van der Waals surface area (Å²) >= 11 is 0. The standard InChI is InChI=1S/C20H25NO4/c1-24-17-9-8-15(11-18(17)25-16-6-2-3-7-16)20(13-21)10-4-5-14(12-20)19(22)23/h8-9,11,14,16H,2-7,10,12H2,1H3,(H,22,23)/t14-,20-/m1/s1. The number of carboxylic acid groups (broad SMARTS) is 1. The molecule has 0 spiro atoms. The molecular formula is C20H25NO4. The number of methoxy groups -OCH3 is 1. The molecule has 0 saturated heterocycles. The lowest BCUT2D eigenvalue weighted by Gasteiger charge is -2.34. The predicted octanol–water partition coefficient (Wildman–Crippen LogP) is 4.05. The molecule has 0 unspecified atom stereocenters. The molecule has 1 aromatic carbocycles. The zero-order valence-corrected chi connectivity index (χ0v) is 14.7. The molecule has 0 radical (unpaired) electrons. The Morgan fingerprint density at radius 1 is 1.24 bits per heavy atom. The van der Waals surface area contributed by atoms with Gasteiger partial charge in [-0.25, -0.2) is 0 Å². The van der Waals surface area contributed by atoms with Gasteiger partial charge in [-0.1, -0.05) is 12.5 Å². The fourth-order valence-corrected chi connectivity index (χ4v) is 4.17. The smallest absolute Gasteiger partial charge is 0.306 e. The van der Waals surface area contributed by atoms with Crippen LogP contribution in [0.1, 0.15) is 56.9 Å². The second kappa shape index (κ2) is 7.35. The second-order valence-electron chi connectivity index (χ2n) is 7.22. The van der Waals surface area contributed by atoms with Crippen molar-refractivity contribution in [3.05, 3.63) is 23.8 Å². The average Bonchev–Trinajstić information content (AvgIpc) is 3.14. The van der Waals surface area contributed by atoms with Crippen molar-refractivity contribution in [3.63, 3.8) is 0 Å². The van der Waals surface area contributed by atoms with Gasteiger partial charge in [0.2, 0.25) is 0 Å². The first kappa shape index (κ1) is 17.6. The highest BCUT2D eigenvalue weighted by atomic mass is 16.5. The van der Waals surface area contributed by atoms with Crippen molar-refractivity contribution >= 4 is 5.97 Å². The Labute approximate surface area is 148 Å². The number of nitrogens with zero attached hydrogens (tertiary/aromatic N) is 1. The van der Waals surface area contributed by atoms with Gasteiger partial charge in [0.05, 0.1) is 30.6 Å². The van der Waals surface area contributed by atoms with Gasteiger partial charge < -0.3 is 14.6 Å². The Bertz CT molecular complexity index is 675. The summed E-state index contributed by atoms with van der Waals surface area (Å²) in [7, 11) is 1.61. The topological polar surface area (TPSA) is 79.5 Å². The Morgan fingerprint density at radius 3 is 2.64 bits per heavy atom. The van der Waals surface area contributed by atoms with Gasteiger partial charge in [-0.2, -0.15) is 5.26 Å². The van der Waals surface area contributed by atoms with Crippen LogP contribution in [-0.4, -0.2) is 24.3 Å². The summed E-state index contributed by atoms with van der Waals surface area (Å²) < 4.78 is 11.6. The maximum absolute atomic E-state index is 11.4. The summed E-state index contributed by atoms with van der Waals surface area (Å²) in [5.74, 6) is 0.0540. The van der Waals surface area contributed by atoms with E-state index in [-0.39, 0.29) is 6.10 Å². The second-order valence-corrected chi connectivity index (χ2v) is 7.22. The fraction of sp³-hybridized carbons (Fsp3) is 0.600. The number of hydrogen-bond donors (Lipinski definition) is 1. The zero-order chi connectivity index (χ0) is 17.9. The van der Waals surface area contributed by atoms with Crippen LogP contribution in [0.4, 0.5) is 0 Å². The van der Waals surface area contributed by atoms with Crippen LogP contribution >= 0.6 is 0 Å². The largest absolute Gasteiger partial charge is 0.493 e. The van der Waals surface area contributed by atoms with E-state index in [0.29, 0.717) is 30.8 Å². The van der Waals surface area contributed by atoms with E-state index >= 15 is 0 Å². The monoisotopic (exact) mass is 343 g/mol. The molecule has 2 aliphatic rings. The van der Waals surface area contributed by atoms with Crippen LogP contribution in [0.25, 0.3) is 0 Å². The van der Waals surface area contributed by atoms with Gasteiger partial charge in [-0.15, -0.1) is 0 Å². The zero-order valence-electron chi connectivity index (χ0n) is 14.7. The molecule has 1 aromatic rings. The highest BCUT2D eigenvalue weighted by Gasteiger charge is 2.41. The Hall–Kier alpha value is -2.22. The van der Waals surface area contributed by atoms with Gasteiger partial charge in [0.25, 0.3) is 0 Å². The summed E-state index contributed by atoms with van der Waals surface area (Å²) in [4.78, 5) is 11.4. The van der Waals surface area contributed by atoms with E-state index in [1.54, 1.807) is 7.11 Å². The quantitative estimate of drug-likeness (QED) is 0.872. The molecule has 2 fully saturated rings. The van der Waals surface area contributed by atoms with E-state index < -0.39 is 17.3 Å². The molecule has 2 saturated carbocycles.